The Morgan fingerprint density at radius 2 is 1.85 bits per heavy atom. The molecule has 0 aromatic heterocycles. The Kier molecular flexibility index (Phi) is 5.68. The third-order valence-electron chi connectivity index (χ3n) is 2.53. The molecule has 0 heterocycles. The zero-order chi connectivity index (χ0) is 15.3. The molecule has 1 amide bonds. The highest BCUT2D eigenvalue weighted by molar-refractivity contribution is 6.21. The van der Waals surface area contributed by atoms with Crippen LogP contribution in [0.1, 0.15) is 24.2 Å². The van der Waals surface area contributed by atoms with E-state index >= 15 is 0 Å². The standard InChI is InChI=1S/C13H15ClF3NO2/c1-8(2)11(14)7-18-12(19)9-3-5-10(6-4-9)20-13(15,16)17/h3-6,8,11H,7H2,1-2H3,(H,18,19). The number of carbonyl (C=O) groups excluding carboxylic acids is 1. The van der Waals surface area contributed by atoms with E-state index in [4.69, 9.17) is 11.6 Å². The van der Waals surface area contributed by atoms with Gasteiger partial charge in [-0.1, -0.05) is 13.8 Å². The van der Waals surface area contributed by atoms with Gasteiger partial charge in [-0.3, -0.25) is 4.79 Å². The highest BCUT2D eigenvalue weighted by Gasteiger charge is 2.31. The lowest BCUT2D eigenvalue weighted by atomic mass is 10.1. The van der Waals surface area contributed by atoms with Crippen molar-refractivity contribution < 1.29 is 22.7 Å². The van der Waals surface area contributed by atoms with Crippen LogP contribution in [-0.2, 0) is 0 Å². The molecule has 1 aromatic carbocycles. The van der Waals surface area contributed by atoms with Crippen LogP contribution in [-0.4, -0.2) is 24.2 Å². The van der Waals surface area contributed by atoms with E-state index in [0.717, 1.165) is 12.1 Å². The lowest BCUT2D eigenvalue weighted by Gasteiger charge is -2.14. The van der Waals surface area contributed by atoms with Crippen LogP contribution in [0.4, 0.5) is 13.2 Å². The van der Waals surface area contributed by atoms with E-state index in [0.29, 0.717) is 6.54 Å². The average molecular weight is 310 g/mol. The first kappa shape index (κ1) is 16.6. The smallest absolute Gasteiger partial charge is 0.406 e. The topological polar surface area (TPSA) is 38.3 Å². The van der Waals surface area contributed by atoms with Gasteiger partial charge in [0, 0.05) is 12.1 Å². The molecule has 0 aliphatic rings. The second-order valence-corrected chi connectivity index (χ2v) is 5.10. The van der Waals surface area contributed by atoms with Gasteiger partial charge >= 0.3 is 6.36 Å². The number of ether oxygens (including phenoxy) is 1. The van der Waals surface area contributed by atoms with Crippen molar-refractivity contribution in [3.05, 3.63) is 29.8 Å². The lowest BCUT2D eigenvalue weighted by molar-refractivity contribution is -0.274. The Bertz CT molecular complexity index is 446. The quantitative estimate of drug-likeness (QED) is 0.844. The van der Waals surface area contributed by atoms with Crippen molar-refractivity contribution in [1.29, 1.82) is 0 Å². The number of hydrogen-bond acceptors (Lipinski definition) is 2. The van der Waals surface area contributed by atoms with Gasteiger partial charge in [0.2, 0.25) is 0 Å². The molecule has 0 saturated heterocycles. The molecule has 0 spiro atoms. The van der Waals surface area contributed by atoms with Crippen LogP contribution in [0.5, 0.6) is 5.75 Å². The normalized spacial score (nSPS) is 13.2. The van der Waals surface area contributed by atoms with Crippen molar-refractivity contribution in [2.24, 2.45) is 5.92 Å². The number of halogens is 4. The van der Waals surface area contributed by atoms with Crippen molar-refractivity contribution in [3.8, 4) is 5.75 Å². The summed E-state index contributed by atoms with van der Waals surface area (Å²) >= 11 is 5.99. The average Bonchev–Trinajstić information content (AvgIpc) is 2.34. The molecule has 1 rings (SSSR count). The Balaban J connectivity index is 2.58. The van der Waals surface area contributed by atoms with Gasteiger partial charge in [0.1, 0.15) is 5.75 Å². The molecule has 20 heavy (non-hydrogen) atoms. The molecule has 1 N–H and O–H groups in total. The monoisotopic (exact) mass is 309 g/mol. The van der Waals surface area contributed by atoms with E-state index in [2.05, 4.69) is 10.1 Å². The SMILES string of the molecule is CC(C)C(Cl)CNC(=O)c1ccc(OC(F)(F)F)cc1. The van der Waals surface area contributed by atoms with Crippen molar-refractivity contribution in [3.63, 3.8) is 0 Å². The highest BCUT2D eigenvalue weighted by Crippen LogP contribution is 2.22. The van der Waals surface area contributed by atoms with E-state index in [1.165, 1.54) is 12.1 Å². The molecule has 0 aliphatic heterocycles. The number of amides is 1. The Labute approximate surface area is 120 Å². The minimum absolute atomic E-state index is 0.202. The van der Waals surface area contributed by atoms with Crippen LogP contribution in [0.3, 0.4) is 0 Å². The van der Waals surface area contributed by atoms with Gasteiger partial charge < -0.3 is 10.1 Å². The zero-order valence-electron chi connectivity index (χ0n) is 11.0. The van der Waals surface area contributed by atoms with Gasteiger partial charge in [-0.05, 0) is 30.2 Å². The largest absolute Gasteiger partial charge is 0.573 e. The van der Waals surface area contributed by atoms with Crippen LogP contribution in [0.2, 0.25) is 0 Å². The van der Waals surface area contributed by atoms with Crippen molar-refractivity contribution in [1.82, 2.24) is 5.32 Å². The zero-order valence-corrected chi connectivity index (χ0v) is 11.8. The molecule has 0 bridgehead atoms. The lowest BCUT2D eigenvalue weighted by Crippen LogP contribution is -2.31. The molecule has 1 aromatic rings. The highest BCUT2D eigenvalue weighted by atomic mass is 35.5. The minimum Gasteiger partial charge on any atom is -0.406 e. The van der Waals surface area contributed by atoms with E-state index in [1.54, 1.807) is 0 Å². The maximum atomic E-state index is 12.0. The molecule has 7 heteroatoms. The van der Waals surface area contributed by atoms with E-state index < -0.39 is 12.3 Å². The maximum absolute atomic E-state index is 12.0. The van der Waals surface area contributed by atoms with Crippen LogP contribution in [0.25, 0.3) is 0 Å². The predicted octanol–water partition coefficient (Wildman–Crippen LogP) is 3.58. The third-order valence-corrected chi connectivity index (χ3v) is 3.19. The summed E-state index contributed by atoms with van der Waals surface area (Å²) in [5, 5.41) is 2.41. The van der Waals surface area contributed by atoms with Crippen LogP contribution in [0, 0.1) is 5.92 Å². The fraction of sp³-hybridized carbons (Fsp3) is 0.462. The summed E-state index contributed by atoms with van der Waals surface area (Å²) in [4.78, 5) is 11.7. The first-order valence-corrected chi connectivity index (χ1v) is 6.41. The van der Waals surface area contributed by atoms with Gasteiger partial charge in [0.25, 0.3) is 5.91 Å². The molecule has 0 aliphatic carbocycles. The minimum atomic E-state index is -4.74. The Morgan fingerprint density at radius 3 is 2.30 bits per heavy atom. The molecule has 1 atom stereocenters. The van der Waals surface area contributed by atoms with Crippen molar-refractivity contribution in [2.75, 3.05) is 6.54 Å². The summed E-state index contributed by atoms with van der Waals surface area (Å²) in [6.07, 6.45) is -4.74. The molecule has 0 fully saturated rings. The van der Waals surface area contributed by atoms with Gasteiger partial charge in [0.15, 0.2) is 0 Å². The van der Waals surface area contributed by atoms with Crippen molar-refractivity contribution in [2.45, 2.75) is 25.6 Å². The van der Waals surface area contributed by atoms with Gasteiger partial charge in [0.05, 0.1) is 5.38 Å². The van der Waals surface area contributed by atoms with Crippen LogP contribution < -0.4 is 10.1 Å². The van der Waals surface area contributed by atoms with Gasteiger partial charge in [-0.15, -0.1) is 24.8 Å². The van der Waals surface area contributed by atoms with E-state index in [-0.39, 0.29) is 22.6 Å². The van der Waals surface area contributed by atoms with Crippen LogP contribution in [0.15, 0.2) is 24.3 Å². The summed E-state index contributed by atoms with van der Waals surface area (Å²) in [6, 6.07) is 4.69. The number of alkyl halides is 4. The third kappa shape index (κ3) is 5.69. The number of carbonyl (C=O) groups is 1. The summed E-state index contributed by atoms with van der Waals surface area (Å²) in [6.45, 7) is 4.14. The molecular formula is C13H15ClF3NO2. The van der Waals surface area contributed by atoms with Gasteiger partial charge in [-0.25, -0.2) is 0 Å². The Morgan fingerprint density at radius 1 is 1.30 bits per heavy atom. The summed E-state index contributed by atoms with van der Waals surface area (Å²) in [5.41, 5.74) is 0.243. The van der Waals surface area contributed by atoms with Gasteiger partial charge in [-0.2, -0.15) is 0 Å². The maximum Gasteiger partial charge on any atom is 0.573 e. The molecular weight excluding hydrogens is 295 g/mol. The number of benzene rings is 1. The second kappa shape index (κ2) is 6.83. The summed E-state index contributed by atoms with van der Waals surface area (Å²) in [7, 11) is 0. The molecule has 0 saturated carbocycles. The Hall–Kier alpha value is -1.43. The van der Waals surface area contributed by atoms with Crippen molar-refractivity contribution >= 4 is 17.5 Å². The molecule has 1 unspecified atom stereocenters. The molecule has 0 radical (unpaired) electrons. The van der Waals surface area contributed by atoms with E-state index in [1.807, 2.05) is 13.8 Å². The molecule has 3 nitrogen and oxygen atoms in total. The summed E-state index contributed by atoms with van der Waals surface area (Å²) < 4.78 is 39.6. The van der Waals surface area contributed by atoms with E-state index in [9.17, 15) is 18.0 Å². The fourth-order valence-electron chi connectivity index (χ4n) is 1.34. The fourth-order valence-corrected chi connectivity index (χ4v) is 1.41. The second-order valence-electron chi connectivity index (χ2n) is 4.54. The van der Waals surface area contributed by atoms with Crippen LogP contribution >= 0.6 is 11.6 Å². The number of rotatable bonds is 5. The molecule has 112 valence electrons. The number of nitrogens with one attached hydrogen (secondary N) is 1. The number of hydrogen-bond donors (Lipinski definition) is 1. The predicted molar refractivity (Wildman–Crippen MR) is 69.9 cm³/mol. The first-order valence-electron chi connectivity index (χ1n) is 5.97. The first-order chi connectivity index (χ1) is 9.19. The summed E-state index contributed by atoms with van der Waals surface area (Å²) in [5.74, 6) is -0.555.